The Morgan fingerprint density at radius 2 is 1.74 bits per heavy atom. The Bertz CT molecular complexity index is 844. The van der Waals surface area contributed by atoms with Gasteiger partial charge in [0.15, 0.2) is 5.78 Å². The highest BCUT2D eigenvalue weighted by Gasteiger charge is 2.21. The molecule has 3 heterocycles. The summed E-state index contributed by atoms with van der Waals surface area (Å²) in [7, 11) is 0. The lowest BCUT2D eigenvalue weighted by atomic mass is 10.1. The van der Waals surface area contributed by atoms with E-state index in [9.17, 15) is 4.79 Å². The van der Waals surface area contributed by atoms with Gasteiger partial charge < -0.3 is 0 Å². The van der Waals surface area contributed by atoms with Crippen LogP contribution in [-0.4, -0.2) is 15.2 Å². The quantitative estimate of drug-likeness (QED) is 0.643. The molecular weight excluding hydrogens is 284 g/mol. The third-order valence-electron chi connectivity index (χ3n) is 4.17. The van der Waals surface area contributed by atoms with E-state index in [1.165, 1.54) is 5.56 Å². The van der Waals surface area contributed by atoms with Gasteiger partial charge in [-0.1, -0.05) is 49.7 Å². The van der Waals surface area contributed by atoms with E-state index >= 15 is 0 Å². The number of rotatable bonds is 1. The van der Waals surface area contributed by atoms with Crippen molar-refractivity contribution >= 4 is 11.4 Å². The Labute approximate surface area is 137 Å². The van der Waals surface area contributed by atoms with E-state index in [0.717, 1.165) is 41.1 Å². The maximum atomic E-state index is 12.2. The van der Waals surface area contributed by atoms with Crippen molar-refractivity contribution in [2.45, 2.75) is 40.0 Å². The summed E-state index contributed by atoms with van der Waals surface area (Å²) in [5, 5.41) is 0. The number of pyridine rings is 1. The molecule has 0 saturated carbocycles. The smallest absolute Gasteiger partial charge is 0.179 e. The first-order valence-electron chi connectivity index (χ1n) is 8.34. The van der Waals surface area contributed by atoms with Crippen molar-refractivity contribution in [2.24, 2.45) is 0 Å². The number of ketones is 1. The van der Waals surface area contributed by atoms with Crippen LogP contribution in [0, 0.1) is 6.92 Å². The van der Waals surface area contributed by atoms with Gasteiger partial charge in [-0.25, -0.2) is 4.98 Å². The number of benzene rings is 1. The SMILES string of the molecule is CC.Cc1ccc(-c2nc3cccc4n3c2CCCC4=O)cc1. The van der Waals surface area contributed by atoms with Crippen LogP contribution in [-0.2, 0) is 6.42 Å². The fraction of sp³-hybridized carbons (Fsp3) is 0.300. The van der Waals surface area contributed by atoms with E-state index < -0.39 is 0 Å². The van der Waals surface area contributed by atoms with Gasteiger partial charge in [0.1, 0.15) is 5.65 Å². The van der Waals surface area contributed by atoms with Crippen LogP contribution in [0.1, 0.15) is 48.4 Å². The van der Waals surface area contributed by atoms with E-state index in [2.05, 4.69) is 31.2 Å². The maximum absolute atomic E-state index is 12.2. The summed E-state index contributed by atoms with van der Waals surface area (Å²) in [6.45, 7) is 6.08. The lowest BCUT2D eigenvalue weighted by Crippen LogP contribution is -2.03. The van der Waals surface area contributed by atoms with Crippen molar-refractivity contribution in [1.29, 1.82) is 0 Å². The molecule has 4 rings (SSSR count). The standard InChI is InChI=1S/C18H16N2O.C2H6/c1-12-8-10-13(11-9-12)18-15-5-2-6-16(21)14-4-3-7-17(19-18)20(14)15;1-2/h3-4,7-11H,2,5-6H2,1H3;1-2H3. The molecule has 0 fully saturated rings. The Morgan fingerprint density at radius 3 is 2.48 bits per heavy atom. The third kappa shape index (κ3) is 2.67. The summed E-state index contributed by atoms with van der Waals surface area (Å²) in [5.41, 5.74) is 6.18. The van der Waals surface area contributed by atoms with Crippen LogP contribution in [0.4, 0.5) is 0 Å². The van der Waals surface area contributed by atoms with Crippen molar-refractivity contribution in [3.63, 3.8) is 0 Å². The molecule has 0 unspecified atom stereocenters. The summed E-state index contributed by atoms with van der Waals surface area (Å²) in [6, 6.07) is 14.2. The van der Waals surface area contributed by atoms with E-state index in [-0.39, 0.29) is 5.78 Å². The third-order valence-corrected chi connectivity index (χ3v) is 4.17. The van der Waals surface area contributed by atoms with Crippen LogP contribution < -0.4 is 0 Å². The predicted octanol–water partition coefficient (Wildman–Crippen LogP) is 4.85. The van der Waals surface area contributed by atoms with Crippen molar-refractivity contribution in [1.82, 2.24) is 9.38 Å². The number of Topliss-reactive ketones (excluding diaryl/α,β-unsaturated/α-hetero) is 1. The fourth-order valence-corrected chi connectivity index (χ4v) is 3.09. The summed E-state index contributed by atoms with van der Waals surface area (Å²) < 4.78 is 2.05. The Hall–Kier alpha value is -2.42. The first-order valence-corrected chi connectivity index (χ1v) is 8.34. The number of aryl methyl sites for hydroxylation is 2. The lowest BCUT2D eigenvalue weighted by molar-refractivity contribution is 0.0977. The molecule has 0 aliphatic carbocycles. The molecule has 118 valence electrons. The average molecular weight is 306 g/mol. The van der Waals surface area contributed by atoms with Gasteiger partial charge in [-0.15, -0.1) is 0 Å². The molecule has 1 aromatic carbocycles. The minimum Gasteiger partial charge on any atom is -0.293 e. The fourth-order valence-electron chi connectivity index (χ4n) is 3.09. The zero-order valence-electron chi connectivity index (χ0n) is 14.0. The van der Waals surface area contributed by atoms with E-state index in [1.54, 1.807) is 0 Å². The molecule has 0 saturated heterocycles. The van der Waals surface area contributed by atoms with Gasteiger partial charge in [0.25, 0.3) is 0 Å². The number of aromatic nitrogens is 2. The molecular formula is C20H22N2O. The number of carbonyl (C=O) groups is 1. The molecule has 0 amide bonds. The highest BCUT2D eigenvalue weighted by Crippen LogP contribution is 2.29. The molecule has 1 aliphatic rings. The minimum absolute atomic E-state index is 0.215. The van der Waals surface area contributed by atoms with Gasteiger partial charge in [0.05, 0.1) is 17.1 Å². The van der Waals surface area contributed by atoms with Gasteiger partial charge in [0, 0.05) is 12.0 Å². The van der Waals surface area contributed by atoms with Gasteiger partial charge in [-0.3, -0.25) is 9.20 Å². The molecule has 3 heteroatoms. The second-order valence-electron chi connectivity index (χ2n) is 5.65. The highest BCUT2D eigenvalue weighted by molar-refractivity contribution is 5.96. The maximum Gasteiger partial charge on any atom is 0.179 e. The minimum atomic E-state index is 0.215. The summed E-state index contributed by atoms with van der Waals surface area (Å²) in [4.78, 5) is 17.0. The van der Waals surface area contributed by atoms with Crippen molar-refractivity contribution < 1.29 is 4.79 Å². The van der Waals surface area contributed by atoms with Crippen LogP contribution in [0.15, 0.2) is 42.5 Å². The summed E-state index contributed by atoms with van der Waals surface area (Å²) in [6.07, 6.45) is 2.40. The zero-order chi connectivity index (χ0) is 16.4. The molecule has 3 aromatic rings. The first kappa shape index (κ1) is 15.5. The highest BCUT2D eigenvalue weighted by atomic mass is 16.1. The monoisotopic (exact) mass is 306 g/mol. The molecule has 0 bridgehead atoms. The normalized spacial score (nSPS) is 13.4. The second-order valence-corrected chi connectivity index (χ2v) is 5.65. The van der Waals surface area contributed by atoms with E-state index in [4.69, 9.17) is 4.98 Å². The van der Waals surface area contributed by atoms with Crippen LogP contribution in [0.5, 0.6) is 0 Å². The molecule has 23 heavy (non-hydrogen) atoms. The van der Waals surface area contributed by atoms with E-state index in [1.807, 2.05) is 36.4 Å². The number of hydrogen-bond donors (Lipinski definition) is 0. The van der Waals surface area contributed by atoms with Crippen LogP contribution >= 0.6 is 0 Å². The molecule has 0 N–H and O–H groups in total. The van der Waals surface area contributed by atoms with Gasteiger partial charge in [0.2, 0.25) is 0 Å². The number of imidazole rings is 1. The second kappa shape index (κ2) is 6.37. The molecule has 1 aliphatic heterocycles. The van der Waals surface area contributed by atoms with Gasteiger partial charge in [-0.2, -0.15) is 0 Å². The largest absolute Gasteiger partial charge is 0.293 e. The van der Waals surface area contributed by atoms with Crippen molar-refractivity contribution in [3.05, 3.63) is 59.4 Å². The lowest BCUT2D eigenvalue weighted by Gasteiger charge is -2.04. The molecule has 0 atom stereocenters. The Balaban J connectivity index is 0.000000753. The Kier molecular flexibility index (Phi) is 4.28. The predicted molar refractivity (Wildman–Crippen MR) is 94.0 cm³/mol. The van der Waals surface area contributed by atoms with Crippen LogP contribution in [0.2, 0.25) is 0 Å². The van der Waals surface area contributed by atoms with Gasteiger partial charge >= 0.3 is 0 Å². The topological polar surface area (TPSA) is 34.4 Å². The molecule has 3 nitrogen and oxygen atoms in total. The summed E-state index contributed by atoms with van der Waals surface area (Å²) in [5.74, 6) is 0.215. The van der Waals surface area contributed by atoms with Crippen LogP contribution in [0.25, 0.3) is 16.9 Å². The number of carbonyl (C=O) groups excluding carboxylic acids is 1. The van der Waals surface area contributed by atoms with Crippen molar-refractivity contribution in [2.75, 3.05) is 0 Å². The number of hydrogen-bond acceptors (Lipinski definition) is 2. The first-order chi connectivity index (χ1) is 11.2. The molecule has 2 aromatic heterocycles. The molecule has 0 spiro atoms. The van der Waals surface area contributed by atoms with Gasteiger partial charge in [-0.05, 0) is 31.9 Å². The van der Waals surface area contributed by atoms with Crippen molar-refractivity contribution in [3.8, 4) is 11.3 Å². The number of nitrogens with zero attached hydrogens (tertiary/aromatic N) is 2. The Morgan fingerprint density at radius 1 is 1.00 bits per heavy atom. The molecule has 0 radical (unpaired) electrons. The zero-order valence-corrected chi connectivity index (χ0v) is 14.0. The van der Waals surface area contributed by atoms with Crippen LogP contribution in [0.3, 0.4) is 0 Å². The summed E-state index contributed by atoms with van der Waals surface area (Å²) >= 11 is 0. The van der Waals surface area contributed by atoms with E-state index in [0.29, 0.717) is 6.42 Å². The average Bonchev–Trinajstić information content (AvgIpc) is 2.87.